The summed E-state index contributed by atoms with van der Waals surface area (Å²) in [5.41, 5.74) is 18.5. The van der Waals surface area contributed by atoms with Crippen LogP contribution in [-0.4, -0.2) is 15.0 Å². The molecule has 0 aliphatic heterocycles. The number of benzene rings is 8. The molecule has 0 saturated heterocycles. The Morgan fingerprint density at radius 1 is 0.292 bits per heavy atom. The van der Waals surface area contributed by atoms with Crippen LogP contribution in [0.3, 0.4) is 0 Å². The zero-order valence-electron chi connectivity index (χ0n) is 36.2. The SMILES string of the molecule is c1ccc(-c2cccc(-c3nc(-c4cccc(-c5ccccc5)c4)nc(-c4ccc5c(c4)C4(c6ccccc6C56c5ccccc5-c5ccccc56)C5CC6CC(C5)CC4C6)n3)c2)cc1. The molecule has 0 amide bonds. The molecule has 6 aliphatic rings. The molecule has 8 aromatic carbocycles. The lowest BCUT2D eigenvalue weighted by molar-refractivity contribution is -0.0440. The van der Waals surface area contributed by atoms with Gasteiger partial charge in [0.25, 0.3) is 0 Å². The molecule has 0 atom stereocenters. The first kappa shape index (κ1) is 37.2. The highest BCUT2D eigenvalue weighted by atomic mass is 15.0. The van der Waals surface area contributed by atoms with Crippen molar-refractivity contribution in [3.8, 4) is 67.5 Å². The summed E-state index contributed by atoms with van der Waals surface area (Å²) < 4.78 is 0. The number of nitrogens with zero attached hydrogens (tertiary/aromatic N) is 3. The molecular formula is C62H47N3. The summed E-state index contributed by atoms with van der Waals surface area (Å²) in [4.78, 5) is 16.3. The fourth-order valence-electron chi connectivity index (χ4n) is 14.1. The summed E-state index contributed by atoms with van der Waals surface area (Å²) in [6.45, 7) is 0. The maximum atomic E-state index is 5.47. The second-order valence-corrected chi connectivity index (χ2v) is 19.5. The molecule has 15 rings (SSSR count). The fraction of sp³-hybridized carbons (Fsp3) is 0.177. The molecule has 3 heteroatoms. The van der Waals surface area contributed by atoms with Crippen LogP contribution in [-0.2, 0) is 10.8 Å². The zero-order valence-corrected chi connectivity index (χ0v) is 36.2. The highest BCUT2D eigenvalue weighted by molar-refractivity contribution is 5.89. The number of hydrogen-bond donors (Lipinski definition) is 0. The topological polar surface area (TPSA) is 38.7 Å². The highest BCUT2D eigenvalue weighted by Crippen LogP contribution is 2.71. The van der Waals surface area contributed by atoms with E-state index in [2.05, 4.69) is 200 Å². The second kappa shape index (κ2) is 14.1. The molecule has 0 unspecified atom stereocenters. The third-order valence-corrected chi connectivity index (χ3v) is 16.4. The summed E-state index contributed by atoms with van der Waals surface area (Å²) in [6, 6.07) is 74.1. The maximum Gasteiger partial charge on any atom is 0.164 e. The molecule has 9 aromatic rings. The molecule has 1 aromatic heterocycles. The number of hydrogen-bond acceptors (Lipinski definition) is 3. The second-order valence-electron chi connectivity index (χ2n) is 19.5. The Morgan fingerprint density at radius 2 is 0.692 bits per heavy atom. The van der Waals surface area contributed by atoms with Gasteiger partial charge in [-0.25, -0.2) is 15.0 Å². The molecule has 4 fully saturated rings. The van der Waals surface area contributed by atoms with Crippen LogP contribution >= 0.6 is 0 Å². The lowest BCUT2D eigenvalue weighted by atomic mass is 9.38. The van der Waals surface area contributed by atoms with Gasteiger partial charge >= 0.3 is 0 Å². The Morgan fingerprint density at radius 3 is 1.22 bits per heavy atom. The van der Waals surface area contributed by atoms with Crippen LogP contribution in [0.15, 0.2) is 200 Å². The van der Waals surface area contributed by atoms with Crippen molar-refractivity contribution in [1.82, 2.24) is 15.0 Å². The largest absolute Gasteiger partial charge is 0.208 e. The van der Waals surface area contributed by atoms with E-state index in [0.29, 0.717) is 29.3 Å². The van der Waals surface area contributed by atoms with Crippen molar-refractivity contribution in [3.05, 3.63) is 234 Å². The minimum absolute atomic E-state index is 0.0974. The Labute approximate surface area is 381 Å². The van der Waals surface area contributed by atoms with E-state index in [-0.39, 0.29) is 5.41 Å². The summed E-state index contributed by atoms with van der Waals surface area (Å²) in [7, 11) is 0. The number of fused-ring (bicyclic) bond motifs is 9. The number of aromatic nitrogens is 3. The normalized spacial score (nSPS) is 22.3. The van der Waals surface area contributed by atoms with E-state index in [9.17, 15) is 0 Å². The average molecular weight is 834 g/mol. The van der Waals surface area contributed by atoms with Gasteiger partial charge in [-0.3, -0.25) is 0 Å². The average Bonchev–Trinajstić information content (AvgIpc) is 3.67. The molecule has 65 heavy (non-hydrogen) atoms. The van der Waals surface area contributed by atoms with Crippen LogP contribution in [0.25, 0.3) is 67.5 Å². The third-order valence-electron chi connectivity index (χ3n) is 16.4. The summed E-state index contributed by atoms with van der Waals surface area (Å²) >= 11 is 0. The van der Waals surface area contributed by atoms with Crippen molar-refractivity contribution < 1.29 is 0 Å². The first-order chi connectivity index (χ1) is 32.2. The Kier molecular flexibility index (Phi) is 8.08. The van der Waals surface area contributed by atoms with E-state index in [1.165, 1.54) is 82.2 Å². The fourth-order valence-corrected chi connectivity index (χ4v) is 14.1. The smallest absolute Gasteiger partial charge is 0.164 e. The van der Waals surface area contributed by atoms with Crippen LogP contribution in [0.5, 0.6) is 0 Å². The van der Waals surface area contributed by atoms with E-state index < -0.39 is 5.41 Å². The van der Waals surface area contributed by atoms with Gasteiger partial charge in [-0.15, -0.1) is 0 Å². The van der Waals surface area contributed by atoms with Gasteiger partial charge in [0.2, 0.25) is 0 Å². The van der Waals surface area contributed by atoms with Crippen molar-refractivity contribution in [3.63, 3.8) is 0 Å². The van der Waals surface area contributed by atoms with Crippen molar-refractivity contribution in [2.24, 2.45) is 23.7 Å². The summed E-state index contributed by atoms with van der Waals surface area (Å²) in [5, 5.41) is 0. The van der Waals surface area contributed by atoms with Crippen molar-refractivity contribution in [2.45, 2.75) is 42.9 Å². The standard InChI is InChI=1S/C62H47N3/c1-3-15-41(16-4-1)43-19-13-21-45(36-43)58-63-59(46-22-14-20-44(37-46)42-17-5-2-6-18-42)65-60(64-58)47-29-30-56-57(38-47)61(48-32-39-31-40(34-48)35-49(61)33-39)54-27-11-12-28-55(54)62(56)52-25-9-7-23-50(52)51-24-8-10-26-53(51)62/h1-30,36-40,48-49H,31-35H2. The molecule has 2 spiro atoms. The van der Waals surface area contributed by atoms with Crippen molar-refractivity contribution in [1.29, 1.82) is 0 Å². The maximum absolute atomic E-state index is 5.47. The van der Waals surface area contributed by atoms with Gasteiger partial charge in [0.15, 0.2) is 17.5 Å². The molecule has 310 valence electrons. The summed E-state index contributed by atoms with van der Waals surface area (Å²) in [6.07, 6.45) is 6.64. The summed E-state index contributed by atoms with van der Waals surface area (Å²) in [5.74, 6) is 4.90. The van der Waals surface area contributed by atoms with E-state index in [1.54, 1.807) is 5.56 Å². The Bertz CT molecular complexity index is 3170. The van der Waals surface area contributed by atoms with Crippen LogP contribution in [0.1, 0.15) is 65.5 Å². The van der Waals surface area contributed by atoms with Crippen molar-refractivity contribution in [2.75, 3.05) is 0 Å². The van der Waals surface area contributed by atoms with Crippen LogP contribution in [0.2, 0.25) is 0 Å². The van der Waals surface area contributed by atoms with Crippen LogP contribution in [0.4, 0.5) is 0 Å². The van der Waals surface area contributed by atoms with Gasteiger partial charge in [-0.05, 0) is 141 Å². The minimum Gasteiger partial charge on any atom is -0.208 e. The molecule has 1 heterocycles. The number of rotatable bonds is 5. The van der Waals surface area contributed by atoms with E-state index >= 15 is 0 Å². The van der Waals surface area contributed by atoms with Gasteiger partial charge in [-0.1, -0.05) is 182 Å². The first-order valence-electron chi connectivity index (χ1n) is 23.7. The van der Waals surface area contributed by atoms with Crippen molar-refractivity contribution >= 4 is 0 Å². The van der Waals surface area contributed by atoms with Gasteiger partial charge in [0, 0.05) is 22.1 Å². The lowest BCUT2D eigenvalue weighted by Gasteiger charge is -2.65. The zero-order chi connectivity index (χ0) is 42.7. The Balaban J connectivity index is 1.03. The van der Waals surface area contributed by atoms with Crippen LogP contribution in [0, 0.1) is 23.7 Å². The minimum atomic E-state index is -0.442. The van der Waals surface area contributed by atoms with Gasteiger partial charge in [-0.2, -0.15) is 0 Å². The molecular weight excluding hydrogens is 787 g/mol. The van der Waals surface area contributed by atoms with Crippen LogP contribution < -0.4 is 0 Å². The third kappa shape index (κ3) is 5.33. The molecule has 4 bridgehead atoms. The lowest BCUT2D eigenvalue weighted by Crippen LogP contribution is -2.59. The highest BCUT2D eigenvalue weighted by Gasteiger charge is 2.64. The quantitative estimate of drug-likeness (QED) is 0.173. The molecule has 3 nitrogen and oxygen atoms in total. The van der Waals surface area contributed by atoms with Gasteiger partial charge in [0.05, 0.1) is 5.41 Å². The van der Waals surface area contributed by atoms with Gasteiger partial charge in [0.1, 0.15) is 0 Å². The molecule has 0 radical (unpaired) electrons. The predicted molar refractivity (Wildman–Crippen MR) is 262 cm³/mol. The Hall–Kier alpha value is -7.23. The first-order valence-corrected chi connectivity index (χ1v) is 23.7. The van der Waals surface area contributed by atoms with E-state index in [1.807, 2.05) is 0 Å². The molecule has 0 N–H and O–H groups in total. The molecule has 6 aliphatic carbocycles. The monoisotopic (exact) mass is 833 g/mol. The van der Waals surface area contributed by atoms with Gasteiger partial charge < -0.3 is 0 Å². The van der Waals surface area contributed by atoms with E-state index in [4.69, 9.17) is 15.0 Å². The van der Waals surface area contributed by atoms with E-state index in [0.717, 1.165) is 39.7 Å². The predicted octanol–water partition coefficient (Wildman–Crippen LogP) is 14.6. The molecule has 4 saturated carbocycles.